The monoisotopic (exact) mass is 376 g/mol. The van der Waals surface area contributed by atoms with Crippen molar-refractivity contribution >= 4 is 21.6 Å². The van der Waals surface area contributed by atoms with Crippen molar-refractivity contribution in [1.82, 2.24) is 4.90 Å². The van der Waals surface area contributed by atoms with Crippen LogP contribution >= 0.6 is 0 Å². The lowest BCUT2D eigenvalue weighted by Gasteiger charge is -2.28. The molecule has 1 saturated heterocycles. The maximum Gasteiger partial charge on any atom is 0.253 e. The molecule has 1 heterocycles. The van der Waals surface area contributed by atoms with Gasteiger partial charge in [-0.1, -0.05) is 12.1 Å². The van der Waals surface area contributed by atoms with Gasteiger partial charge in [0.1, 0.15) is 5.82 Å². The molecule has 0 aromatic heterocycles. The lowest BCUT2D eigenvalue weighted by molar-refractivity contribution is 0.0785. The van der Waals surface area contributed by atoms with Crippen LogP contribution in [0.15, 0.2) is 48.5 Å². The van der Waals surface area contributed by atoms with Gasteiger partial charge >= 0.3 is 0 Å². The van der Waals surface area contributed by atoms with E-state index in [1.165, 1.54) is 21.3 Å². The largest absolute Gasteiger partial charge is 0.337 e. The fourth-order valence-corrected chi connectivity index (χ4v) is 4.69. The number of anilines is 1. The summed E-state index contributed by atoms with van der Waals surface area (Å²) in [4.78, 5) is 14.1. The average molecular weight is 376 g/mol. The van der Waals surface area contributed by atoms with Crippen molar-refractivity contribution in [2.45, 2.75) is 19.4 Å². The van der Waals surface area contributed by atoms with E-state index in [2.05, 4.69) is 0 Å². The maximum atomic E-state index is 13.3. The van der Waals surface area contributed by atoms with E-state index >= 15 is 0 Å². The fourth-order valence-electron chi connectivity index (χ4n) is 3.05. The molecule has 2 aromatic rings. The van der Waals surface area contributed by atoms with E-state index in [4.69, 9.17) is 0 Å². The molecular formula is C19H21FN2O3S. The quantitative estimate of drug-likeness (QED) is 0.824. The van der Waals surface area contributed by atoms with Crippen LogP contribution in [0.4, 0.5) is 10.1 Å². The number of carbonyl (C=O) groups is 1. The molecule has 1 aliphatic heterocycles. The summed E-state index contributed by atoms with van der Waals surface area (Å²) in [7, 11) is -1.62. The first-order valence-corrected chi connectivity index (χ1v) is 10.1. The SMILES string of the molecule is CN(Cc1cccc(F)c1)C(=O)c1ccc(N2CCCCS2(=O)=O)cc1. The van der Waals surface area contributed by atoms with Crippen molar-refractivity contribution in [3.05, 3.63) is 65.5 Å². The third kappa shape index (κ3) is 4.04. The Kier molecular flexibility index (Phi) is 5.27. The summed E-state index contributed by atoms with van der Waals surface area (Å²) in [6.07, 6.45) is 1.51. The lowest BCUT2D eigenvalue weighted by Crippen LogP contribution is -2.37. The summed E-state index contributed by atoms with van der Waals surface area (Å²) in [5.41, 5.74) is 1.74. The maximum absolute atomic E-state index is 13.3. The Hall–Kier alpha value is -2.41. The van der Waals surface area contributed by atoms with Crippen LogP contribution in [-0.4, -0.2) is 38.6 Å². The zero-order chi connectivity index (χ0) is 18.7. The number of hydrogen-bond donors (Lipinski definition) is 0. The van der Waals surface area contributed by atoms with Crippen molar-refractivity contribution in [2.75, 3.05) is 23.7 Å². The van der Waals surface area contributed by atoms with Gasteiger partial charge in [-0.25, -0.2) is 12.8 Å². The summed E-state index contributed by atoms with van der Waals surface area (Å²) in [6.45, 7) is 0.758. The standard InChI is InChI=1S/C19H21FN2O3S/c1-21(14-15-5-4-6-17(20)13-15)19(23)16-7-9-18(10-8-16)22-11-2-3-12-26(22,24)25/h4-10,13H,2-3,11-12,14H2,1H3. The van der Waals surface area contributed by atoms with Gasteiger partial charge in [-0.05, 0) is 54.8 Å². The highest BCUT2D eigenvalue weighted by Crippen LogP contribution is 2.24. The van der Waals surface area contributed by atoms with Gasteiger partial charge in [-0.2, -0.15) is 0 Å². The molecule has 0 radical (unpaired) electrons. The molecule has 1 aliphatic rings. The Morgan fingerprint density at radius 2 is 1.88 bits per heavy atom. The van der Waals surface area contributed by atoms with Gasteiger partial charge in [0, 0.05) is 25.7 Å². The van der Waals surface area contributed by atoms with E-state index in [-0.39, 0.29) is 17.5 Å². The first-order valence-electron chi connectivity index (χ1n) is 8.47. The molecule has 3 rings (SSSR count). The second kappa shape index (κ2) is 7.45. The highest BCUT2D eigenvalue weighted by Gasteiger charge is 2.26. The summed E-state index contributed by atoms with van der Waals surface area (Å²) >= 11 is 0. The second-order valence-electron chi connectivity index (χ2n) is 6.43. The highest BCUT2D eigenvalue weighted by molar-refractivity contribution is 7.92. The van der Waals surface area contributed by atoms with Crippen molar-refractivity contribution < 1.29 is 17.6 Å². The Morgan fingerprint density at radius 3 is 2.54 bits per heavy atom. The third-order valence-corrected chi connectivity index (χ3v) is 6.28. The van der Waals surface area contributed by atoms with Crippen LogP contribution in [0.25, 0.3) is 0 Å². The van der Waals surface area contributed by atoms with E-state index in [9.17, 15) is 17.6 Å². The Morgan fingerprint density at radius 1 is 1.15 bits per heavy atom. The van der Waals surface area contributed by atoms with E-state index in [1.54, 1.807) is 43.4 Å². The van der Waals surface area contributed by atoms with Crippen LogP contribution in [0.2, 0.25) is 0 Å². The predicted molar refractivity (Wildman–Crippen MR) is 99.0 cm³/mol. The van der Waals surface area contributed by atoms with E-state index in [1.807, 2.05) is 0 Å². The molecule has 0 atom stereocenters. The number of nitrogens with zero attached hydrogens (tertiary/aromatic N) is 2. The number of sulfonamides is 1. The molecule has 0 N–H and O–H groups in total. The van der Waals surface area contributed by atoms with Gasteiger partial charge in [-0.15, -0.1) is 0 Å². The van der Waals surface area contributed by atoms with Crippen molar-refractivity contribution in [3.8, 4) is 0 Å². The summed E-state index contributed by atoms with van der Waals surface area (Å²) in [5, 5.41) is 0. The van der Waals surface area contributed by atoms with Crippen molar-refractivity contribution in [3.63, 3.8) is 0 Å². The van der Waals surface area contributed by atoms with Crippen LogP contribution < -0.4 is 4.31 Å². The van der Waals surface area contributed by atoms with E-state index in [0.29, 0.717) is 36.3 Å². The number of rotatable bonds is 4. The zero-order valence-corrected chi connectivity index (χ0v) is 15.4. The minimum Gasteiger partial charge on any atom is -0.337 e. The second-order valence-corrected chi connectivity index (χ2v) is 8.45. The molecule has 5 nitrogen and oxygen atoms in total. The highest BCUT2D eigenvalue weighted by atomic mass is 32.2. The smallest absolute Gasteiger partial charge is 0.253 e. The van der Waals surface area contributed by atoms with Gasteiger partial charge in [-0.3, -0.25) is 9.10 Å². The average Bonchev–Trinajstić information content (AvgIpc) is 2.61. The Bertz CT molecular complexity index is 897. The van der Waals surface area contributed by atoms with Gasteiger partial charge in [0.2, 0.25) is 10.0 Å². The molecule has 0 bridgehead atoms. The number of hydrogen-bond acceptors (Lipinski definition) is 3. The normalized spacial score (nSPS) is 16.3. The molecule has 0 aliphatic carbocycles. The molecule has 26 heavy (non-hydrogen) atoms. The molecule has 138 valence electrons. The van der Waals surface area contributed by atoms with E-state index < -0.39 is 10.0 Å². The minimum absolute atomic E-state index is 0.157. The van der Waals surface area contributed by atoms with Gasteiger partial charge < -0.3 is 4.90 Å². The van der Waals surface area contributed by atoms with Gasteiger partial charge in [0.05, 0.1) is 11.4 Å². The minimum atomic E-state index is -3.27. The molecule has 0 saturated carbocycles. The molecule has 1 amide bonds. The Labute approximate surface area is 153 Å². The van der Waals surface area contributed by atoms with Crippen LogP contribution in [0.1, 0.15) is 28.8 Å². The molecule has 0 spiro atoms. The number of halogens is 1. The molecule has 1 fully saturated rings. The molecule has 2 aromatic carbocycles. The first-order chi connectivity index (χ1) is 12.4. The fraction of sp³-hybridized carbons (Fsp3) is 0.316. The van der Waals surface area contributed by atoms with Crippen LogP contribution in [0.5, 0.6) is 0 Å². The zero-order valence-electron chi connectivity index (χ0n) is 14.6. The molecule has 0 unspecified atom stereocenters. The van der Waals surface area contributed by atoms with E-state index in [0.717, 1.165) is 6.42 Å². The summed E-state index contributed by atoms with van der Waals surface area (Å²) in [6, 6.07) is 12.7. The van der Waals surface area contributed by atoms with Gasteiger partial charge in [0.15, 0.2) is 0 Å². The first kappa shape index (κ1) is 18.4. The van der Waals surface area contributed by atoms with Crippen LogP contribution in [0.3, 0.4) is 0 Å². The predicted octanol–water partition coefficient (Wildman–Crippen LogP) is 3.03. The van der Waals surface area contributed by atoms with Gasteiger partial charge in [0.25, 0.3) is 5.91 Å². The lowest BCUT2D eigenvalue weighted by atomic mass is 10.1. The summed E-state index contributed by atoms with van der Waals surface area (Å²) < 4.78 is 39.0. The topological polar surface area (TPSA) is 57.7 Å². The Balaban J connectivity index is 1.72. The molecular weight excluding hydrogens is 355 g/mol. The van der Waals surface area contributed by atoms with Crippen LogP contribution in [-0.2, 0) is 16.6 Å². The number of carbonyl (C=O) groups excluding carboxylic acids is 1. The third-order valence-electron chi connectivity index (χ3n) is 4.41. The summed E-state index contributed by atoms with van der Waals surface area (Å²) in [5.74, 6) is -0.387. The molecule has 7 heteroatoms. The number of benzene rings is 2. The van der Waals surface area contributed by atoms with Crippen molar-refractivity contribution in [1.29, 1.82) is 0 Å². The number of amides is 1. The van der Waals surface area contributed by atoms with Crippen molar-refractivity contribution in [2.24, 2.45) is 0 Å². The van der Waals surface area contributed by atoms with Crippen LogP contribution in [0, 0.1) is 5.82 Å².